The fraction of sp³-hybridized carbons (Fsp3) is 0.263. The Morgan fingerprint density at radius 1 is 0.852 bits per heavy atom. The second kappa shape index (κ2) is 7.69. The number of benzene rings is 2. The topological polar surface area (TPSA) is 61.4 Å². The molecule has 8 heteroatoms. The molecule has 0 heterocycles. The molecule has 0 atom stereocenters. The van der Waals surface area contributed by atoms with Crippen molar-refractivity contribution in [1.29, 1.82) is 0 Å². The summed E-state index contributed by atoms with van der Waals surface area (Å²) < 4.78 is 40.0. The SMILES string of the molecule is CN(C)c1ccc(NC(=O)C(C)(C)C(=O)Nc2ccc(F)c(F)c2F)cc1. The maximum atomic E-state index is 13.7. The Hall–Kier alpha value is -3.03. The van der Waals surface area contributed by atoms with Crippen LogP contribution in [0.25, 0.3) is 0 Å². The zero-order chi connectivity index (χ0) is 20.4. The van der Waals surface area contributed by atoms with E-state index in [1.165, 1.54) is 13.8 Å². The van der Waals surface area contributed by atoms with E-state index in [2.05, 4.69) is 10.6 Å². The second-order valence-corrected chi connectivity index (χ2v) is 6.70. The van der Waals surface area contributed by atoms with Crippen LogP contribution in [-0.2, 0) is 9.59 Å². The first-order valence-electron chi connectivity index (χ1n) is 8.08. The molecule has 0 aliphatic rings. The van der Waals surface area contributed by atoms with Gasteiger partial charge in [0.25, 0.3) is 0 Å². The van der Waals surface area contributed by atoms with Crippen molar-refractivity contribution in [3.05, 3.63) is 53.8 Å². The van der Waals surface area contributed by atoms with E-state index in [4.69, 9.17) is 0 Å². The minimum absolute atomic E-state index is 0.477. The molecule has 0 aliphatic heterocycles. The average Bonchev–Trinajstić information content (AvgIpc) is 2.62. The molecule has 2 N–H and O–H groups in total. The highest BCUT2D eigenvalue weighted by molar-refractivity contribution is 6.14. The third-order valence-corrected chi connectivity index (χ3v) is 4.06. The lowest BCUT2D eigenvalue weighted by Gasteiger charge is -2.23. The average molecular weight is 379 g/mol. The molecule has 0 bridgehead atoms. The van der Waals surface area contributed by atoms with Crippen LogP contribution < -0.4 is 15.5 Å². The van der Waals surface area contributed by atoms with E-state index in [1.54, 1.807) is 24.3 Å². The maximum absolute atomic E-state index is 13.7. The minimum Gasteiger partial charge on any atom is -0.378 e. The smallest absolute Gasteiger partial charge is 0.239 e. The zero-order valence-corrected chi connectivity index (χ0v) is 15.4. The number of rotatable bonds is 5. The summed E-state index contributed by atoms with van der Waals surface area (Å²) in [6.07, 6.45) is 0. The summed E-state index contributed by atoms with van der Waals surface area (Å²) in [7, 11) is 3.75. The predicted octanol–water partition coefficient (Wildman–Crippen LogP) is 3.77. The molecule has 5 nitrogen and oxygen atoms in total. The Morgan fingerprint density at radius 2 is 1.41 bits per heavy atom. The first-order valence-corrected chi connectivity index (χ1v) is 8.08. The quantitative estimate of drug-likeness (QED) is 0.614. The number of nitrogens with one attached hydrogen (secondary N) is 2. The van der Waals surface area contributed by atoms with Crippen molar-refractivity contribution in [2.75, 3.05) is 29.6 Å². The van der Waals surface area contributed by atoms with E-state index in [1.807, 2.05) is 19.0 Å². The zero-order valence-electron chi connectivity index (χ0n) is 15.4. The highest BCUT2D eigenvalue weighted by Gasteiger charge is 2.36. The number of hydrogen-bond donors (Lipinski definition) is 2. The summed E-state index contributed by atoms with van der Waals surface area (Å²) in [5, 5.41) is 4.73. The number of anilines is 3. The summed E-state index contributed by atoms with van der Waals surface area (Å²) in [5.41, 5.74) is -0.739. The van der Waals surface area contributed by atoms with E-state index in [-0.39, 0.29) is 0 Å². The van der Waals surface area contributed by atoms with Crippen molar-refractivity contribution >= 4 is 28.9 Å². The number of amides is 2. The molecule has 0 spiro atoms. The molecule has 0 aromatic heterocycles. The molecule has 144 valence electrons. The lowest BCUT2D eigenvalue weighted by Crippen LogP contribution is -2.41. The molecule has 0 saturated carbocycles. The predicted molar refractivity (Wildman–Crippen MR) is 98.1 cm³/mol. The molecular weight excluding hydrogens is 359 g/mol. The number of carbonyl (C=O) groups is 2. The summed E-state index contributed by atoms with van der Waals surface area (Å²) >= 11 is 0. The Balaban J connectivity index is 2.12. The van der Waals surface area contributed by atoms with Gasteiger partial charge in [0, 0.05) is 25.5 Å². The van der Waals surface area contributed by atoms with E-state index >= 15 is 0 Å². The summed E-state index contributed by atoms with van der Waals surface area (Å²) in [6, 6.07) is 8.51. The Kier molecular flexibility index (Phi) is 5.78. The van der Waals surface area contributed by atoms with Gasteiger partial charge >= 0.3 is 0 Å². The molecule has 2 aromatic carbocycles. The third-order valence-electron chi connectivity index (χ3n) is 4.06. The second-order valence-electron chi connectivity index (χ2n) is 6.70. The maximum Gasteiger partial charge on any atom is 0.239 e. The molecule has 2 rings (SSSR count). The van der Waals surface area contributed by atoms with Gasteiger partial charge in [-0.05, 0) is 50.2 Å². The van der Waals surface area contributed by atoms with Gasteiger partial charge in [-0.15, -0.1) is 0 Å². The number of carbonyl (C=O) groups excluding carboxylic acids is 2. The van der Waals surface area contributed by atoms with Gasteiger partial charge < -0.3 is 15.5 Å². The Labute approximate surface area is 155 Å². The van der Waals surface area contributed by atoms with Crippen LogP contribution in [0.2, 0.25) is 0 Å². The van der Waals surface area contributed by atoms with Crippen molar-refractivity contribution in [3.8, 4) is 0 Å². The Bertz CT molecular complexity index is 865. The van der Waals surface area contributed by atoms with Gasteiger partial charge in [-0.25, -0.2) is 13.2 Å². The molecule has 0 radical (unpaired) electrons. The van der Waals surface area contributed by atoms with Gasteiger partial charge in [-0.1, -0.05) is 0 Å². The first-order chi connectivity index (χ1) is 12.5. The third kappa shape index (κ3) is 4.39. The fourth-order valence-corrected chi connectivity index (χ4v) is 2.13. The van der Waals surface area contributed by atoms with Crippen LogP contribution in [0.5, 0.6) is 0 Å². The molecule has 0 saturated heterocycles. The molecule has 2 amide bonds. The summed E-state index contributed by atoms with van der Waals surface area (Å²) in [4.78, 5) is 26.8. The van der Waals surface area contributed by atoms with Crippen molar-refractivity contribution in [1.82, 2.24) is 0 Å². The van der Waals surface area contributed by atoms with Crippen LogP contribution in [-0.4, -0.2) is 25.9 Å². The van der Waals surface area contributed by atoms with E-state index < -0.39 is 40.4 Å². The van der Waals surface area contributed by atoms with Gasteiger partial charge in [0.05, 0.1) is 5.69 Å². The number of nitrogens with zero attached hydrogens (tertiary/aromatic N) is 1. The van der Waals surface area contributed by atoms with Gasteiger partial charge in [0.1, 0.15) is 5.41 Å². The van der Waals surface area contributed by atoms with Gasteiger partial charge in [-0.3, -0.25) is 9.59 Å². The van der Waals surface area contributed by atoms with Crippen LogP contribution in [0.4, 0.5) is 30.2 Å². The highest BCUT2D eigenvalue weighted by Crippen LogP contribution is 2.25. The molecular formula is C19H20F3N3O2. The van der Waals surface area contributed by atoms with Crippen molar-refractivity contribution in [3.63, 3.8) is 0 Å². The monoisotopic (exact) mass is 379 g/mol. The van der Waals surface area contributed by atoms with E-state index in [0.29, 0.717) is 11.8 Å². The molecule has 0 aliphatic carbocycles. The van der Waals surface area contributed by atoms with Crippen molar-refractivity contribution in [2.24, 2.45) is 5.41 Å². The molecule has 0 unspecified atom stereocenters. The van der Waals surface area contributed by atoms with E-state index in [0.717, 1.165) is 11.8 Å². The summed E-state index contributed by atoms with van der Waals surface area (Å²) in [5.74, 6) is -6.10. The van der Waals surface area contributed by atoms with Crippen LogP contribution >= 0.6 is 0 Å². The van der Waals surface area contributed by atoms with Crippen molar-refractivity contribution < 1.29 is 22.8 Å². The van der Waals surface area contributed by atoms with Crippen LogP contribution in [0.3, 0.4) is 0 Å². The van der Waals surface area contributed by atoms with Gasteiger partial charge in [-0.2, -0.15) is 0 Å². The first kappa shape index (κ1) is 20.3. The standard InChI is InChI=1S/C19H20F3N3O2/c1-19(2,17(26)23-11-5-7-12(8-6-11)25(3)4)18(27)24-14-10-9-13(20)15(21)16(14)22/h5-10H,1-4H3,(H,23,26)(H,24,27). The van der Waals surface area contributed by atoms with E-state index in [9.17, 15) is 22.8 Å². The molecule has 27 heavy (non-hydrogen) atoms. The largest absolute Gasteiger partial charge is 0.378 e. The van der Waals surface area contributed by atoms with Gasteiger partial charge in [0.2, 0.25) is 11.8 Å². The summed E-state index contributed by atoms with van der Waals surface area (Å²) in [6.45, 7) is 2.67. The van der Waals surface area contributed by atoms with Crippen molar-refractivity contribution in [2.45, 2.75) is 13.8 Å². The van der Waals surface area contributed by atoms with Crippen LogP contribution in [0, 0.1) is 22.9 Å². The van der Waals surface area contributed by atoms with Gasteiger partial charge in [0.15, 0.2) is 17.5 Å². The number of halogens is 3. The lowest BCUT2D eigenvalue weighted by atomic mass is 9.90. The molecule has 2 aromatic rings. The Morgan fingerprint density at radius 3 is 1.96 bits per heavy atom. The fourth-order valence-electron chi connectivity index (χ4n) is 2.13. The lowest BCUT2D eigenvalue weighted by molar-refractivity contribution is -0.135. The van der Waals surface area contributed by atoms with Crippen LogP contribution in [0.1, 0.15) is 13.8 Å². The molecule has 0 fully saturated rings. The number of hydrogen-bond acceptors (Lipinski definition) is 3. The highest BCUT2D eigenvalue weighted by atomic mass is 19.2. The van der Waals surface area contributed by atoms with Crippen LogP contribution in [0.15, 0.2) is 36.4 Å². The normalized spacial score (nSPS) is 11.1. The minimum atomic E-state index is -1.70.